The van der Waals surface area contributed by atoms with Gasteiger partial charge in [0.05, 0.1) is 5.56 Å². The summed E-state index contributed by atoms with van der Waals surface area (Å²) in [6.07, 6.45) is 4.98. The van der Waals surface area contributed by atoms with Crippen molar-refractivity contribution in [2.75, 3.05) is 32.5 Å². The molecule has 2 heterocycles. The van der Waals surface area contributed by atoms with E-state index in [1.807, 2.05) is 30.1 Å². The number of fused-ring (bicyclic) bond motifs is 1. The zero-order valence-electron chi connectivity index (χ0n) is 18.1. The second-order valence-electron chi connectivity index (χ2n) is 8.83. The number of amides is 2. The molecule has 0 radical (unpaired) electrons. The van der Waals surface area contributed by atoms with Crippen molar-refractivity contribution in [3.63, 3.8) is 0 Å². The highest BCUT2D eigenvalue weighted by Gasteiger charge is 2.32. The van der Waals surface area contributed by atoms with Gasteiger partial charge in [-0.1, -0.05) is 25.1 Å². The Balaban J connectivity index is 1.63. The van der Waals surface area contributed by atoms with Gasteiger partial charge >= 0.3 is 0 Å². The Bertz CT molecular complexity index is 916. The van der Waals surface area contributed by atoms with Crippen LogP contribution in [0.25, 0.3) is 0 Å². The number of carbonyl (C=O) groups excluding carboxylic acids is 2. The number of piperidine rings is 1. The molecule has 0 spiro atoms. The zero-order valence-corrected chi connectivity index (χ0v) is 18.9. The van der Waals surface area contributed by atoms with Crippen LogP contribution in [0.15, 0.2) is 30.3 Å². The van der Waals surface area contributed by atoms with Gasteiger partial charge in [-0.15, -0.1) is 11.3 Å². The van der Waals surface area contributed by atoms with Crippen LogP contribution in [0.5, 0.6) is 0 Å². The maximum absolute atomic E-state index is 13.6. The first kappa shape index (κ1) is 21.1. The Morgan fingerprint density at radius 3 is 2.53 bits per heavy atom. The summed E-state index contributed by atoms with van der Waals surface area (Å²) in [6, 6.07) is 9.47. The predicted octanol–water partition coefficient (Wildman–Crippen LogP) is 4.29. The van der Waals surface area contributed by atoms with E-state index < -0.39 is 0 Å². The lowest BCUT2D eigenvalue weighted by molar-refractivity contribution is 0.0659. The second-order valence-corrected chi connectivity index (χ2v) is 9.93. The average Bonchev–Trinajstić information content (AvgIpc) is 3.10. The van der Waals surface area contributed by atoms with Gasteiger partial charge in [-0.25, -0.2) is 0 Å². The number of nitrogens with one attached hydrogen (secondary N) is 1. The van der Waals surface area contributed by atoms with Crippen molar-refractivity contribution in [3.8, 4) is 0 Å². The molecule has 4 rings (SSSR count). The summed E-state index contributed by atoms with van der Waals surface area (Å²) in [5, 5.41) is 3.78. The highest BCUT2D eigenvalue weighted by atomic mass is 32.1. The monoisotopic (exact) mass is 425 g/mol. The Morgan fingerprint density at radius 1 is 1.13 bits per heavy atom. The summed E-state index contributed by atoms with van der Waals surface area (Å²) in [6.45, 7) is 4.29. The lowest BCUT2D eigenvalue weighted by Crippen LogP contribution is -2.44. The molecule has 6 heteroatoms. The molecule has 2 amide bonds. The number of carbonyl (C=O) groups is 2. The number of hydrogen-bond acceptors (Lipinski definition) is 4. The fraction of sp³-hybridized carbons (Fsp3) is 0.500. The van der Waals surface area contributed by atoms with Crippen molar-refractivity contribution in [2.24, 2.45) is 5.92 Å². The Hall–Kier alpha value is -2.18. The molecule has 1 aromatic heterocycles. The predicted molar refractivity (Wildman–Crippen MR) is 123 cm³/mol. The van der Waals surface area contributed by atoms with Crippen LogP contribution in [-0.4, -0.2) is 54.8 Å². The third-order valence-electron chi connectivity index (χ3n) is 6.54. The smallest absolute Gasteiger partial charge is 0.257 e. The van der Waals surface area contributed by atoms with Gasteiger partial charge in [-0.3, -0.25) is 9.59 Å². The molecule has 1 aliphatic heterocycles. The molecule has 1 fully saturated rings. The van der Waals surface area contributed by atoms with Gasteiger partial charge in [-0.05, 0) is 75.9 Å². The van der Waals surface area contributed by atoms with Crippen LogP contribution in [0.3, 0.4) is 0 Å². The van der Waals surface area contributed by atoms with Crippen LogP contribution in [0.4, 0.5) is 5.00 Å². The van der Waals surface area contributed by atoms with Gasteiger partial charge in [0.25, 0.3) is 11.8 Å². The van der Waals surface area contributed by atoms with Crippen molar-refractivity contribution in [1.29, 1.82) is 0 Å². The highest BCUT2D eigenvalue weighted by Crippen LogP contribution is 2.40. The first-order valence-corrected chi connectivity index (χ1v) is 11.7. The van der Waals surface area contributed by atoms with Crippen LogP contribution in [0, 0.1) is 5.92 Å². The van der Waals surface area contributed by atoms with Crippen molar-refractivity contribution in [1.82, 2.24) is 9.80 Å². The molecule has 0 bridgehead atoms. The first-order chi connectivity index (χ1) is 14.4. The molecule has 0 saturated carbocycles. The summed E-state index contributed by atoms with van der Waals surface area (Å²) < 4.78 is 0. The molecular formula is C24H31N3O2S. The molecule has 1 aliphatic carbocycles. The van der Waals surface area contributed by atoms with E-state index in [-0.39, 0.29) is 17.9 Å². The third-order valence-corrected chi connectivity index (χ3v) is 7.71. The molecule has 1 saturated heterocycles. The van der Waals surface area contributed by atoms with Gasteiger partial charge < -0.3 is 15.1 Å². The molecule has 30 heavy (non-hydrogen) atoms. The number of thiophene rings is 1. The fourth-order valence-electron chi connectivity index (χ4n) is 4.55. The summed E-state index contributed by atoms with van der Waals surface area (Å²) in [4.78, 5) is 32.0. The van der Waals surface area contributed by atoms with Crippen molar-refractivity contribution in [2.45, 2.75) is 45.1 Å². The minimum atomic E-state index is -0.154. The summed E-state index contributed by atoms with van der Waals surface area (Å²) in [5.41, 5.74) is 2.50. The Kier molecular flexibility index (Phi) is 6.25. The molecule has 2 aromatic rings. The van der Waals surface area contributed by atoms with E-state index in [0.717, 1.165) is 56.3 Å². The maximum atomic E-state index is 13.6. The van der Waals surface area contributed by atoms with Gasteiger partial charge in [0, 0.05) is 23.5 Å². The van der Waals surface area contributed by atoms with Crippen LogP contribution >= 0.6 is 11.3 Å². The third kappa shape index (κ3) is 4.30. The Labute approximate surface area is 183 Å². The van der Waals surface area contributed by atoms with Gasteiger partial charge in [-0.2, -0.15) is 0 Å². The summed E-state index contributed by atoms with van der Waals surface area (Å²) in [7, 11) is 4.06. The molecular weight excluding hydrogens is 394 g/mol. The van der Waals surface area contributed by atoms with Gasteiger partial charge in [0.15, 0.2) is 0 Å². The normalized spacial score (nSPS) is 19.9. The molecule has 0 unspecified atom stereocenters. The summed E-state index contributed by atoms with van der Waals surface area (Å²) >= 11 is 1.59. The SMILES string of the molecule is C[C@@H]1CCc2c(sc(NC(=O)c3ccccc3)c2C(=O)N(C)C2CCN(C)CC2)C1. The van der Waals surface area contributed by atoms with E-state index in [0.29, 0.717) is 16.5 Å². The van der Waals surface area contributed by atoms with E-state index in [1.54, 1.807) is 23.5 Å². The van der Waals surface area contributed by atoms with Crippen molar-refractivity contribution < 1.29 is 9.59 Å². The van der Waals surface area contributed by atoms with E-state index in [4.69, 9.17) is 0 Å². The number of benzene rings is 1. The van der Waals surface area contributed by atoms with Gasteiger partial charge in [0.2, 0.25) is 0 Å². The van der Waals surface area contributed by atoms with E-state index in [1.165, 1.54) is 4.88 Å². The number of rotatable bonds is 4. The van der Waals surface area contributed by atoms with E-state index >= 15 is 0 Å². The van der Waals surface area contributed by atoms with Crippen molar-refractivity contribution >= 4 is 28.2 Å². The number of nitrogens with zero attached hydrogens (tertiary/aromatic N) is 2. The minimum absolute atomic E-state index is 0.0555. The second kappa shape index (κ2) is 8.90. The van der Waals surface area contributed by atoms with Crippen LogP contribution in [0.2, 0.25) is 0 Å². The van der Waals surface area contributed by atoms with Crippen LogP contribution < -0.4 is 5.32 Å². The molecule has 1 aromatic carbocycles. The van der Waals surface area contributed by atoms with Crippen LogP contribution in [-0.2, 0) is 12.8 Å². The molecule has 1 N–H and O–H groups in total. The number of anilines is 1. The lowest BCUT2D eigenvalue weighted by Gasteiger charge is -2.35. The highest BCUT2D eigenvalue weighted by molar-refractivity contribution is 7.17. The molecule has 5 nitrogen and oxygen atoms in total. The molecule has 160 valence electrons. The minimum Gasteiger partial charge on any atom is -0.339 e. The summed E-state index contributed by atoms with van der Waals surface area (Å²) in [5.74, 6) is 0.515. The lowest BCUT2D eigenvalue weighted by atomic mass is 9.88. The van der Waals surface area contributed by atoms with Gasteiger partial charge in [0.1, 0.15) is 5.00 Å². The number of likely N-dealkylation sites (tertiary alicyclic amines) is 1. The fourth-order valence-corrected chi connectivity index (χ4v) is 5.95. The average molecular weight is 426 g/mol. The Morgan fingerprint density at radius 2 is 1.83 bits per heavy atom. The first-order valence-electron chi connectivity index (χ1n) is 10.9. The standard InChI is InChI=1S/C24H31N3O2S/c1-16-9-10-19-20(15-16)30-23(25-22(28)17-7-5-4-6-8-17)21(19)24(29)27(3)18-11-13-26(2)14-12-18/h4-8,16,18H,9-15H2,1-3H3,(H,25,28)/t16-/m1/s1. The van der Waals surface area contributed by atoms with E-state index in [2.05, 4.69) is 24.2 Å². The topological polar surface area (TPSA) is 52.7 Å². The maximum Gasteiger partial charge on any atom is 0.257 e. The van der Waals surface area contributed by atoms with Crippen molar-refractivity contribution in [3.05, 3.63) is 51.9 Å². The number of hydrogen-bond donors (Lipinski definition) is 1. The molecule has 2 aliphatic rings. The van der Waals surface area contributed by atoms with E-state index in [9.17, 15) is 9.59 Å². The largest absolute Gasteiger partial charge is 0.339 e. The zero-order chi connectivity index (χ0) is 21.3. The molecule has 1 atom stereocenters. The quantitative estimate of drug-likeness (QED) is 0.795. The van der Waals surface area contributed by atoms with Crippen LogP contribution in [0.1, 0.15) is 57.3 Å².